The minimum absolute atomic E-state index is 0.0223. The van der Waals surface area contributed by atoms with Crippen LogP contribution in [0.25, 0.3) is 11.3 Å². The maximum atomic E-state index is 10.1. The number of aliphatic hydroxyl groups is 1. The lowest BCUT2D eigenvalue weighted by atomic mass is 9.93. The quantitative estimate of drug-likeness (QED) is 0.806. The number of hydrogen-bond donors (Lipinski definition) is 3. The Morgan fingerprint density at radius 2 is 1.91 bits per heavy atom. The molecule has 1 fully saturated rings. The van der Waals surface area contributed by atoms with E-state index in [-0.39, 0.29) is 17.9 Å². The SMILES string of the molecule is Cc1cc(C)c(-c2cnc(NC3CCCCC3O)nn2)c(O)c1. The molecule has 1 saturated carbocycles. The van der Waals surface area contributed by atoms with E-state index in [1.807, 2.05) is 19.9 Å². The van der Waals surface area contributed by atoms with Crippen molar-refractivity contribution < 1.29 is 10.2 Å². The minimum Gasteiger partial charge on any atom is -0.507 e. The molecule has 1 aromatic carbocycles. The highest BCUT2D eigenvalue weighted by molar-refractivity contribution is 5.70. The molecule has 1 heterocycles. The molecule has 0 radical (unpaired) electrons. The summed E-state index contributed by atoms with van der Waals surface area (Å²) in [5.74, 6) is 0.589. The second-order valence-electron chi connectivity index (χ2n) is 6.25. The van der Waals surface area contributed by atoms with E-state index in [1.54, 1.807) is 12.3 Å². The first-order valence-corrected chi connectivity index (χ1v) is 7.99. The number of aromatic hydroxyl groups is 1. The predicted octanol–water partition coefficient (Wildman–Crippen LogP) is 2.58. The largest absolute Gasteiger partial charge is 0.507 e. The van der Waals surface area contributed by atoms with Gasteiger partial charge in [-0.25, -0.2) is 4.98 Å². The number of anilines is 1. The first-order chi connectivity index (χ1) is 11.0. The summed E-state index contributed by atoms with van der Waals surface area (Å²) >= 11 is 0. The van der Waals surface area contributed by atoms with Crippen LogP contribution in [0.1, 0.15) is 36.8 Å². The highest BCUT2D eigenvalue weighted by Crippen LogP contribution is 2.31. The van der Waals surface area contributed by atoms with Gasteiger partial charge in [0.25, 0.3) is 0 Å². The lowest BCUT2D eigenvalue weighted by Crippen LogP contribution is -2.36. The van der Waals surface area contributed by atoms with Gasteiger partial charge in [-0.3, -0.25) is 0 Å². The van der Waals surface area contributed by atoms with E-state index in [2.05, 4.69) is 20.5 Å². The summed E-state index contributed by atoms with van der Waals surface area (Å²) in [6, 6.07) is 3.67. The maximum Gasteiger partial charge on any atom is 0.243 e. The first-order valence-electron chi connectivity index (χ1n) is 7.99. The molecular formula is C17H22N4O2. The van der Waals surface area contributed by atoms with E-state index in [0.29, 0.717) is 17.2 Å². The Balaban J connectivity index is 1.80. The molecular weight excluding hydrogens is 292 g/mol. The molecule has 122 valence electrons. The van der Waals surface area contributed by atoms with Crippen molar-refractivity contribution in [1.29, 1.82) is 0 Å². The van der Waals surface area contributed by atoms with Crippen LogP contribution in [0.4, 0.5) is 5.95 Å². The number of benzene rings is 1. The van der Waals surface area contributed by atoms with Crippen LogP contribution in [0.3, 0.4) is 0 Å². The Kier molecular flexibility index (Phi) is 4.43. The van der Waals surface area contributed by atoms with E-state index in [4.69, 9.17) is 0 Å². The van der Waals surface area contributed by atoms with Gasteiger partial charge < -0.3 is 15.5 Å². The molecule has 0 bridgehead atoms. The average Bonchev–Trinajstić information content (AvgIpc) is 2.50. The van der Waals surface area contributed by atoms with Gasteiger partial charge in [-0.1, -0.05) is 18.9 Å². The van der Waals surface area contributed by atoms with Crippen LogP contribution in [0.15, 0.2) is 18.3 Å². The molecule has 1 aliphatic rings. The van der Waals surface area contributed by atoms with Gasteiger partial charge in [0.05, 0.1) is 18.3 Å². The van der Waals surface area contributed by atoms with Crippen LogP contribution in [0.5, 0.6) is 5.75 Å². The standard InChI is InChI=1S/C17H22N4O2/c1-10-7-11(2)16(15(23)8-10)13-9-18-17(21-20-13)19-12-5-3-4-6-14(12)22/h7-9,12,14,22-23H,3-6H2,1-2H3,(H,18,19,21). The van der Waals surface area contributed by atoms with Crippen molar-refractivity contribution in [2.75, 3.05) is 5.32 Å². The zero-order valence-electron chi connectivity index (χ0n) is 13.5. The van der Waals surface area contributed by atoms with Crippen molar-refractivity contribution in [2.24, 2.45) is 0 Å². The fourth-order valence-electron chi connectivity index (χ4n) is 3.18. The van der Waals surface area contributed by atoms with Crippen molar-refractivity contribution in [3.63, 3.8) is 0 Å². The normalized spacial score (nSPS) is 21.2. The van der Waals surface area contributed by atoms with Gasteiger partial charge in [0, 0.05) is 5.56 Å². The summed E-state index contributed by atoms with van der Waals surface area (Å²) < 4.78 is 0. The van der Waals surface area contributed by atoms with Crippen molar-refractivity contribution in [2.45, 2.75) is 51.7 Å². The Labute approximate surface area is 135 Å². The lowest BCUT2D eigenvalue weighted by Gasteiger charge is -2.28. The monoisotopic (exact) mass is 314 g/mol. The molecule has 2 unspecified atom stereocenters. The molecule has 23 heavy (non-hydrogen) atoms. The van der Waals surface area contributed by atoms with Crippen LogP contribution in [-0.2, 0) is 0 Å². The number of aliphatic hydroxyl groups excluding tert-OH is 1. The molecule has 0 spiro atoms. The molecule has 0 amide bonds. The number of phenols is 1. The minimum atomic E-state index is -0.365. The van der Waals surface area contributed by atoms with E-state index >= 15 is 0 Å². The van der Waals surface area contributed by atoms with Gasteiger partial charge >= 0.3 is 0 Å². The molecule has 2 aromatic rings. The van der Waals surface area contributed by atoms with E-state index in [0.717, 1.165) is 36.8 Å². The Bertz CT molecular complexity index is 664. The highest BCUT2D eigenvalue weighted by atomic mass is 16.3. The number of rotatable bonds is 3. The number of hydrogen-bond acceptors (Lipinski definition) is 6. The molecule has 3 N–H and O–H groups in total. The molecule has 0 saturated heterocycles. The third-order valence-corrected chi connectivity index (χ3v) is 4.32. The van der Waals surface area contributed by atoms with E-state index < -0.39 is 0 Å². The Hall–Kier alpha value is -2.21. The number of aromatic nitrogens is 3. The molecule has 0 aliphatic heterocycles. The summed E-state index contributed by atoms with van der Waals surface area (Å²) in [6.45, 7) is 3.86. The van der Waals surface area contributed by atoms with Crippen LogP contribution in [0.2, 0.25) is 0 Å². The van der Waals surface area contributed by atoms with Gasteiger partial charge in [0.1, 0.15) is 11.4 Å². The van der Waals surface area contributed by atoms with Gasteiger partial charge in [0.15, 0.2) is 0 Å². The highest BCUT2D eigenvalue weighted by Gasteiger charge is 2.23. The molecule has 1 aromatic heterocycles. The van der Waals surface area contributed by atoms with E-state index in [1.165, 1.54) is 0 Å². The average molecular weight is 314 g/mol. The van der Waals surface area contributed by atoms with Crippen molar-refractivity contribution in [3.8, 4) is 17.0 Å². The maximum absolute atomic E-state index is 10.1. The number of nitrogens with one attached hydrogen (secondary N) is 1. The predicted molar refractivity (Wildman–Crippen MR) is 88.3 cm³/mol. The first kappa shape index (κ1) is 15.7. The molecule has 3 rings (SSSR count). The van der Waals surface area contributed by atoms with Crippen molar-refractivity contribution in [1.82, 2.24) is 15.2 Å². The van der Waals surface area contributed by atoms with Crippen molar-refractivity contribution >= 4 is 5.95 Å². The summed E-state index contributed by atoms with van der Waals surface area (Å²) in [4.78, 5) is 4.28. The fourth-order valence-corrected chi connectivity index (χ4v) is 3.18. The topological polar surface area (TPSA) is 91.2 Å². The van der Waals surface area contributed by atoms with Gasteiger partial charge in [-0.05, 0) is 43.9 Å². The number of aryl methyl sites for hydroxylation is 2. The lowest BCUT2D eigenvalue weighted by molar-refractivity contribution is 0.116. The van der Waals surface area contributed by atoms with E-state index in [9.17, 15) is 10.2 Å². The summed E-state index contributed by atoms with van der Waals surface area (Å²) in [5.41, 5.74) is 3.12. The summed E-state index contributed by atoms with van der Waals surface area (Å²) in [6.07, 6.45) is 5.10. The zero-order valence-corrected chi connectivity index (χ0v) is 13.5. The van der Waals surface area contributed by atoms with Crippen LogP contribution >= 0.6 is 0 Å². The molecule has 1 aliphatic carbocycles. The second-order valence-corrected chi connectivity index (χ2v) is 6.25. The third kappa shape index (κ3) is 3.42. The second kappa shape index (κ2) is 6.50. The molecule has 2 atom stereocenters. The van der Waals surface area contributed by atoms with Gasteiger partial charge in [-0.15, -0.1) is 10.2 Å². The summed E-state index contributed by atoms with van der Waals surface area (Å²) in [5, 5.41) is 31.6. The van der Waals surface area contributed by atoms with Crippen molar-refractivity contribution in [3.05, 3.63) is 29.5 Å². The third-order valence-electron chi connectivity index (χ3n) is 4.32. The number of phenolic OH excluding ortho intramolecular Hbond substituents is 1. The van der Waals surface area contributed by atoms with Crippen LogP contribution in [-0.4, -0.2) is 37.5 Å². The zero-order chi connectivity index (χ0) is 16.4. The fraction of sp³-hybridized carbons (Fsp3) is 0.471. The summed E-state index contributed by atoms with van der Waals surface area (Å²) in [7, 11) is 0. The number of nitrogens with zero attached hydrogens (tertiary/aromatic N) is 3. The Morgan fingerprint density at radius 1 is 1.13 bits per heavy atom. The van der Waals surface area contributed by atoms with Crippen LogP contribution in [0, 0.1) is 13.8 Å². The molecule has 6 nitrogen and oxygen atoms in total. The van der Waals surface area contributed by atoms with Crippen LogP contribution < -0.4 is 5.32 Å². The smallest absolute Gasteiger partial charge is 0.243 e. The van der Waals surface area contributed by atoms with Gasteiger partial charge in [0.2, 0.25) is 5.95 Å². The molecule has 6 heteroatoms. The van der Waals surface area contributed by atoms with Gasteiger partial charge in [-0.2, -0.15) is 0 Å². The Morgan fingerprint density at radius 3 is 2.57 bits per heavy atom.